The number of piperidine rings is 1. The molecule has 2 bridgehead atoms. The predicted octanol–water partition coefficient (Wildman–Crippen LogP) is 2.19. The van der Waals surface area contributed by atoms with Gasteiger partial charge in [0.05, 0.1) is 6.04 Å². The van der Waals surface area contributed by atoms with E-state index in [0.29, 0.717) is 19.1 Å². The smallest absolute Gasteiger partial charge is 0.410 e. The highest BCUT2D eigenvalue weighted by Crippen LogP contribution is 2.34. The Balaban J connectivity index is 1.62. The number of nitrogens with zero attached hydrogens (tertiary/aromatic N) is 1. The summed E-state index contributed by atoms with van der Waals surface area (Å²) in [5.41, 5.74) is 0.984. The van der Waals surface area contributed by atoms with Crippen LogP contribution < -0.4 is 0 Å². The summed E-state index contributed by atoms with van der Waals surface area (Å²) in [6, 6.07) is 9.64. The molecular formula is C16H19NO3. The highest BCUT2D eigenvalue weighted by atomic mass is 16.6. The quantitative estimate of drug-likeness (QED) is 0.859. The Morgan fingerprint density at radius 3 is 2.80 bits per heavy atom. The van der Waals surface area contributed by atoms with Gasteiger partial charge in [0, 0.05) is 19.1 Å². The minimum absolute atomic E-state index is 0.0201. The number of carbonyl (C=O) groups is 1. The Morgan fingerprint density at radius 1 is 1.30 bits per heavy atom. The molecule has 3 aliphatic rings. The second kappa shape index (κ2) is 5.67. The van der Waals surface area contributed by atoms with E-state index >= 15 is 0 Å². The fourth-order valence-corrected chi connectivity index (χ4v) is 3.08. The second-order valence-electron chi connectivity index (χ2n) is 5.51. The summed E-state index contributed by atoms with van der Waals surface area (Å²) in [4.78, 5) is 14.0. The van der Waals surface area contributed by atoms with Crippen LogP contribution in [0, 0.1) is 11.8 Å². The van der Waals surface area contributed by atoms with Crippen molar-refractivity contribution in [3.05, 3.63) is 48.0 Å². The average molecular weight is 273 g/mol. The number of ether oxygens (including phenoxy) is 1. The minimum atomic E-state index is -0.286. The van der Waals surface area contributed by atoms with Gasteiger partial charge in [-0.05, 0) is 17.9 Å². The van der Waals surface area contributed by atoms with Crippen LogP contribution in [0.2, 0.25) is 0 Å². The van der Waals surface area contributed by atoms with E-state index in [1.807, 2.05) is 36.4 Å². The molecule has 4 nitrogen and oxygen atoms in total. The van der Waals surface area contributed by atoms with Crippen LogP contribution in [0.4, 0.5) is 4.79 Å². The molecule has 3 unspecified atom stereocenters. The van der Waals surface area contributed by atoms with Crippen LogP contribution in [-0.2, 0) is 11.3 Å². The Kier molecular flexibility index (Phi) is 3.74. The van der Waals surface area contributed by atoms with E-state index < -0.39 is 0 Å². The van der Waals surface area contributed by atoms with Gasteiger partial charge in [0.15, 0.2) is 0 Å². The number of rotatable bonds is 3. The number of fused-ring (bicyclic) bond motifs is 2. The van der Waals surface area contributed by atoms with Gasteiger partial charge in [-0.25, -0.2) is 4.79 Å². The average Bonchev–Trinajstić information content (AvgIpc) is 2.53. The van der Waals surface area contributed by atoms with Crippen molar-refractivity contribution in [2.75, 3.05) is 13.2 Å². The molecule has 20 heavy (non-hydrogen) atoms. The van der Waals surface area contributed by atoms with Gasteiger partial charge >= 0.3 is 6.09 Å². The fourth-order valence-electron chi connectivity index (χ4n) is 3.08. The van der Waals surface area contributed by atoms with Gasteiger partial charge in [0.2, 0.25) is 0 Å². The van der Waals surface area contributed by atoms with Crippen LogP contribution in [0.1, 0.15) is 12.0 Å². The highest BCUT2D eigenvalue weighted by Gasteiger charge is 2.40. The molecule has 106 valence electrons. The summed E-state index contributed by atoms with van der Waals surface area (Å²) in [6.45, 7) is 1.11. The first-order valence-corrected chi connectivity index (χ1v) is 7.04. The maximum Gasteiger partial charge on any atom is 0.410 e. The van der Waals surface area contributed by atoms with Crippen LogP contribution in [0.15, 0.2) is 42.5 Å². The summed E-state index contributed by atoms with van der Waals surface area (Å²) in [7, 11) is 0. The van der Waals surface area contributed by atoms with Gasteiger partial charge in [0.1, 0.15) is 6.61 Å². The Bertz CT molecular complexity index is 500. The first-order valence-electron chi connectivity index (χ1n) is 7.04. The summed E-state index contributed by atoms with van der Waals surface area (Å²) in [5, 5.41) is 9.41. The second-order valence-corrected chi connectivity index (χ2v) is 5.51. The third-order valence-electron chi connectivity index (χ3n) is 4.13. The topological polar surface area (TPSA) is 49.8 Å². The van der Waals surface area contributed by atoms with E-state index in [1.54, 1.807) is 4.90 Å². The highest BCUT2D eigenvalue weighted by molar-refractivity contribution is 5.69. The predicted molar refractivity (Wildman–Crippen MR) is 74.9 cm³/mol. The standard InChI is InChI=1S/C16H19NO3/c18-10-14-8-13-6-7-15(14)17(9-13)16(19)20-11-12-4-2-1-3-5-12/h1-7,13-15,18H,8-11H2. The largest absolute Gasteiger partial charge is 0.445 e. The van der Waals surface area contributed by atoms with Crippen molar-refractivity contribution in [1.29, 1.82) is 0 Å². The molecule has 1 aliphatic carbocycles. The van der Waals surface area contributed by atoms with Gasteiger partial charge in [-0.1, -0.05) is 42.5 Å². The van der Waals surface area contributed by atoms with Crippen molar-refractivity contribution in [2.24, 2.45) is 11.8 Å². The molecular weight excluding hydrogens is 254 g/mol. The zero-order valence-electron chi connectivity index (χ0n) is 11.3. The van der Waals surface area contributed by atoms with Crippen LogP contribution in [-0.4, -0.2) is 35.3 Å². The van der Waals surface area contributed by atoms with Crippen LogP contribution in [0.5, 0.6) is 0 Å². The molecule has 4 heteroatoms. The molecule has 4 rings (SSSR count). The zero-order valence-corrected chi connectivity index (χ0v) is 11.3. The minimum Gasteiger partial charge on any atom is -0.445 e. The lowest BCUT2D eigenvalue weighted by atomic mass is 9.78. The Morgan fingerprint density at radius 2 is 2.10 bits per heavy atom. The van der Waals surface area contributed by atoms with Gasteiger partial charge in [-0.15, -0.1) is 0 Å². The molecule has 1 N–H and O–H groups in total. The lowest BCUT2D eigenvalue weighted by Gasteiger charge is -2.45. The first-order chi connectivity index (χ1) is 9.78. The normalized spacial score (nSPS) is 27.6. The fraction of sp³-hybridized carbons (Fsp3) is 0.438. The third kappa shape index (κ3) is 2.56. The summed E-state index contributed by atoms with van der Waals surface area (Å²) < 4.78 is 5.38. The number of hydrogen-bond donors (Lipinski definition) is 1. The Hall–Kier alpha value is -1.81. The van der Waals surface area contributed by atoms with E-state index in [4.69, 9.17) is 4.74 Å². The number of hydrogen-bond acceptors (Lipinski definition) is 3. The van der Waals surface area contributed by atoms with E-state index in [2.05, 4.69) is 6.08 Å². The molecule has 0 saturated carbocycles. The van der Waals surface area contributed by atoms with E-state index in [0.717, 1.165) is 12.0 Å². The molecule has 0 aromatic heterocycles. The summed E-state index contributed by atoms with van der Waals surface area (Å²) in [5.74, 6) is 0.490. The molecule has 1 amide bonds. The lowest BCUT2D eigenvalue weighted by Crippen LogP contribution is -2.53. The zero-order chi connectivity index (χ0) is 13.9. The van der Waals surface area contributed by atoms with E-state index in [9.17, 15) is 9.90 Å². The molecule has 0 spiro atoms. The molecule has 1 aromatic rings. The molecule has 1 saturated heterocycles. The van der Waals surface area contributed by atoms with E-state index in [-0.39, 0.29) is 24.7 Å². The number of benzene rings is 1. The molecule has 1 fully saturated rings. The van der Waals surface area contributed by atoms with Gasteiger partial charge in [-0.2, -0.15) is 0 Å². The van der Waals surface area contributed by atoms with Gasteiger partial charge < -0.3 is 14.7 Å². The number of aliphatic hydroxyl groups is 1. The maximum absolute atomic E-state index is 12.2. The molecule has 0 radical (unpaired) electrons. The molecule has 1 aromatic carbocycles. The van der Waals surface area contributed by atoms with Gasteiger partial charge in [0.25, 0.3) is 0 Å². The molecule has 2 heterocycles. The van der Waals surface area contributed by atoms with E-state index in [1.165, 1.54) is 0 Å². The number of carbonyl (C=O) groups excluding carboxylic acids is 1. The van der Waals surface area contributed by atoms with Gasteiger partial charge in [-0.3, -0.25) is 0 Å². The van der Waals surface area contributed by atoms with Crippen LogP contribution in [0.25, 0.3) is 0 Å². The number of aliphatic hydroxyl groups excluding tert-OH is 1. The maximum atomic E-state index is 12.2. The van der Waals surface area contributed by atoms with Crippen LogP contribution >= 0.6 is 0 Å². The van der Waals surface area contributed by atoms with Crippen molar-refractivity contribution < 1.29 is 14.6 Å². The van der Waals surface area contributed by atoms with Crippen molar-refractivity contribution in [2.45, 2.75) is 19.1 Å². The SMILES string of the molecule is O=C(OCc1ccccc1)N1CC2C=CC1C(CO)C2. The molecule has 3 atom stereocenters. The van der Waals surface area contributed by atoms with Crippen molar-refractivity contribution in [1.82, 2.24) is 4.90 Å². The lowest BCUT2D eigenvalue weighted by molar-refractivity contribution is 0.0294. The summed E-state index contributed by atoms with van der Waals surface area (Å²) in [6.07, 6.45) is 4.85. The molecule has 2 aliphatic heterocycles. The van der Waals surface area contributed by atoms with Crippen molar-refractivity contribution in [3.8, 4) is 0 Å². The Labute approximate surface area is 118 Å². The first kappa shape index (κ1) is 13.2. The summed E-state index contributed by atoms with van der Waals surface area (Å²) >= 11 is 0. The van der Waals surface area contributed by atoms with Crippen molar-refractivity contribution >= 4 is 6.09 Å². The third-order valence-corrected chi connectivity index (χ3v) is 4.13. The van der Waals surface area contributed by atoms with Crippen molar-refractivity contribution in [3.63, 3.8) is 0 Å². The van der Waals surface area contributed by atoms with Crippen LogP contribution in [0.3, 0.4) is 0 Å². The monoisotopic (exact) mass is 273 g/mol. The number of amides is 1.